The second kappa shape index (κ2) is 6.38. The van der Waals surface area contributed by atoms with Crippen molar-refractivity contribution in [1.82, 2.24) is 10.2 Å². The van der Waals surface area contributed by atoms with Crippen LogP contribution in [0.5, 0.6) is 0 Å². The van der Waals surface area contributed by atoms with Gasteiger partial charge >= 0.3 is 6.03 Å². The summed E-state index contributed by atoms with van der Waals surface area (Å²) in [5.74, 6) is -0.231. The standard InChI is InChI=1S/C19H24N2O3/c1-3-5-13-6-8-14(9-7-13)16(22)12-21-17(23)19(4-2,15-10-11-15)20-18(21)24/h6-9,15H,3-5,10-12H2,1-2H3,(H,20,24)/t19-/m0/s1. The molecule has 0 bridgehead atoms. The largest absolute Gasteiger partial charge is 0.325 e. The molecule has 0 unspecified atom stereocenters. The summed E-state index contributed by atoms with van der Waals surface area (Å²) in [6.07, 6.45) is 4.51. The number of Topliss-reactive ketones (excluding diaryl/α,β-unsaturated/α-hetero) is 1. The summed E-state index contributed by atoms with van der Waals surface area (Å²) in [5, 5.41) is 2.85. The van der Waals surface area contributed by atoms with Crippen LogP contribution >= 0.6 is 0 Å². The van der Waals surface area contributed by atoms with Crippen molar-refractivity contribution in [3.05, 3.63) is 35.4 Å². The molecule has 1 aromatic carbocycles. The first-order valence-corrected chi connectivity index (χ1v) is 8.78. The summed E-state index contributed by atoms with van der Waals surface area (Å²) in [6.45, 7) is 3.83. The zero-order valence-electron chi connectivity index (χ0n) is 14.3. The van der Waals surface area contributed by atoms with Crippen molar-refractivity contribution in [2.24, 2.45) is 5.92 Å². The Morgan fingerprint density at radius 1 is 1.21 bits per heavy atom. The van der Waals surface area contributed by atoms with Gasteiger partial charge in [-0.05, 0) is 37.2 Å². The van der Waals surface area contributed by atoms with E-state index in [1.54, 1.807) is 12.1 Å². The summed E-state index contributed by atoms with van der Waals surface area (Å²) >= 11 is 0. The highest BCUT2D eigenvalue weighted by Crippen LogP contribution is 2.44. The van der Waals surface area contributed by atoms with E-state index >= 15 is 0 Å². The molecule has 0 aromatic heterocycles. The molecule has 1 aliphatic heterocycles. The first kappa shape index (κ1) is 16.7. The third-order valence-corrected chi connectivity index (χ3v) is 5.15. The van der Waals surface area contributed by atoms with E-state index < -0.39 is 11.6 Å². The second-order valence-electron chi connectivity index (χ2n) is 6.79. The van der Waals surface area contributed by atoms with Gasteiger partial charge in [-0.15, -0.1) is 0 Å². The van der Waals surface area contributed by atoms with Crippen LogP contribution < -0.4 is 5.32 Å². The predicted octanol–water partition coefficient (Wildman–Crippen LogP) is 2.93. The second-order valence-corrected chi connectivity index (χ2v) is 6.79. The molecule has 1 N–H and O–H groups in total. The number of carbonyl (C=O) groups excluding carboxylic acids is 3. The highest BCUT2D eigenvalue weighted by Gasteiger charge is 2.58. The Balaban J connectivity index is 1.72. The number of nitrogens with one attached hydrogen (secondary N) is 1. The molecule has 2 fully saturated rings. The summed E-state index contributed by atoms with van der Waals surface area (Å²) in [4.78, 5) is 38.5. The van der Waals surface area contributed by atoms with E-state index in [1.807, 2.05) is 19.1 Å². The van der Waals surface area contributed by atoms with Crippen molar-refractivity contribution in [3.8, 4) is 0 Å². The van der Waals surface area contributed by atoms with Crippen molar-refractivity contribution in [3.63, 3.8) is 0 Å². The number of hydrogen-bond donors (Lipinski definition) is 1. The van der Waals surface area contributed by atoms with Crippen LogP contribution in [0.2, 0.25) is 0 Å². The number of ketones is 1. The Labute approximate surface area is 142 Å². The Morgan fingerprint density at radius 3 is 2.42 bits per heavy atom. The molecule has 1 atom stereocenters. The smallest absolute Gasteiger partial charge is 0.323 e. The fourth-order valence-corrected chi connectivity index (χ4v) is 3.55. The molecular formula is C19H24N2O3. The number of aryl methyl sites for hydroxylation is 1. The number of nitrogens with zero attached hydrogens (tertiary/aromatic N) is 1. The van der Waals surface area contributed by atoms with Gasteiger partial charge in [0.05, 0.1) is 6.54 Å². The van der Waals surface area contributed by atoms with E-state index in [0.29, 0.717) is 12.0 Å². The summed E-state index contributed by atoms with van der Waals surface area (Å²) in [5.41, 5.74) is 0.932. The minimum Gasteiger partial charge on any atom is -0.323 e. The molecule has 5 heteroatoms. The Kier molecular flexibility index (Phi) is 4.43. The topological polar surface area (TPSA) is 66.5 Å². The van der Waals surface area contributed by atoms with E-state index in [-0.39, 0.29) is 24.2 Å². The molecule has 1 saturated carbocycles. The van der Waals surface area contributed by atoms with Crippen LogP contribution in [0.25, 0.3) is 0 Å². The molecule has 1 heterocycles. The maximum atomic E-state index is 12.7. The van der Waals surface area contributed by atoms with Gasteiger partial charge in [-0.1, -0.05) is 44.5 Å². The quantitative estimate of drug-likeness (QED) is 0.618. The van der Waals surface area contributed by atoms with Crippen LogP contribution in [0, 0.1) is 5.92 Å². The van der Waals surface area contributed by atoms with Crippen LogP contribution in [-0.4, -0.2) is 34.7 Å². The highest BCUT2D eigenvalue weighted by molar-refractivity contribution is 6.11. The Bertz CT molecular complexity index is 664. The maximum Gasteiger partial charge on any atom is 0.325 e. The van der Waals surface area contributed by atoms with Crippen molar-refractivity contribution in [2.45, 2.75) is 51.5 Å². The fourth-order valence-electron chi connectivity index (χ4n) is 3.55. The number of urea groups is 1. The average Bonchev–Trinajstić information content (AvgIpc) is 3.39. The van der Waals surface area contributed by atoms with E-state index in [4.69, 9.17) is 0 Å². The van der Waals surface area contributed by atoms with Crippen LogP contribution in [0.4, 0.5) is 4.79 Å². The summed E-state index contributed by atoms with van der Waals surface area (Å²) in [7, 11) is 0. The van der Waals surface area contributed by atoms with E-state index in [2.05, 4.69) is 12.2 Å². The van der Waals surface area contributed by atoms with Crippen LogP contribution in [0.1, 0.15) is 55.5 Å². The van der Waals surface area contributed by atoms with Crippen molar-refractivity contribution >= 4 is 17.7 Å². The van der Waals surface area contributed by atoms with E-state index in [9.17, 15) is 14.4 Å². The molecule has 5 nitrogen and oxygen atoms in total. The predicted molar refractivity (Wildman–Crippen MR) is 90.8 cm³/mol. The molecule has 1 aromatic rings. The molecule has 1 aliphatic carbocycles. The molecule has 24 heavy (non-hydrogen) atoms. The average molecular weight is 328 g/mol. The van der Waals surface area contributed by atoms with Crippen LogP contribution in [-0.2, 0) is 11.2 Å². The molecule has 128 valence electrons. The lowest BCUT2D eigenvalue weighted by molar-refractivity contribution is -0.131. The minimum absolute atomic E-state index is 0.188. The molecule has 1 saturated heterocycles. The van der Waals surface area contributed by atoms with Gasteiger partial charge in [0, 0.05) is 5.56 Å². The number of amides is 3. The Hall–Kier alpha value is -2.17. The third-order valence-electron chi connectivity index (χ3n) is 5.15. The number of carbonyl (C=O) groups is 3. The SMILES string of the molecule is CCCc1ccc(C(=O)CN2C(=O)N[C@@](CC)(C3CC3)C2=O)cc1. The van der Waals surface area contributed by atoms with Gasteiger partial charge in [-0.2, -0.15) is 0 Å². The molecule has 3 amide bonds. The van der Waals surface area contributed by atoms with Gasteiger partial charge in [0.15, 0.2) is 5.78 Å². The fraction of sp³-hybridized carbons (Fsp3) is 0.526. The normalized spacial score (nSPS) is 23.5. The minimum atomic E-state index is -0.789. The summed E-state index contributed by atoms with van der Waals surface area (Å²) < 4.78 is 0. The molecule has 2 aliphatic rings. The lowest BCUT2D eigenvalue weighted by Gasteiger charge is -2.24. The Morgan fingerprint density at radius 2 is 1.88 bits per heavy atom. The summed E-state index contributed by atoms with van der Waals surface area (Å²) in [6, 6.07) is 6.98. The molecule has 0 radical (unpaired) electrons. The van der Waals surface area contributed by atoms with Crippen molar-refractivity contribution in [2.75, 3.05) is 6.54 Å². The van der Waals surface area contributed by atoms with E-state index in [1.165, 1.54) is 5.56 Å². The first-order valence-electron chi connectivity index (χ1n) is 8.78. The lowest BCUT2D eigenvalue weighted by atomic mass is 9.90. The number of hydrogen-bond acceptors (Lipinski definition) is 3. The van der Waals surface area contributed by atoms with Gasteiger partial charge in [-0.3, -0.25) is 14.5 Å². The van der Waals surface area contributed by atoms with Crippen molar-refractivity contribution in [1.29, 1.82) is 0 Å². The highest BCUT2D eigenvalue weighted by atomic mass is 16.2. The number of rotatable bonds is 7. The number of imide groups is 1. The number of benzene rings is 1. The molecular weight excluding hydrogens is 304 g/mol. The monoisotopic (exact) mass is 328 g/mol. The van der Waals surface area contributed by atoms with E-state index in [0.717, 1.165) is 30.6 Å². The third kappa shape index (κ3) is 2.83. The van der Waals surface area contributed by atoms with Crippen LogP contribution in [0.15, 0.2) is 24.3 Å². The van der Waals surface area contributed by atoms with Gasteiger partial charge in [-0.25, -0.2) is 4.79 Å². The van der Waals surface area contributed by atoms with Gasteiger partial charge in [0.25, 0.3) is 5.91 Å². The maximum absolute atomic E-state index is 12.7. The zero-order chi connectivity index (χ0) is 17.3. The first-order chi connectivity index (χ1) is 11.5. The molecule has 0 spiro atoms. The zero-order valence-corrected chi connectivity index (χ0v) is 14.3. The van der Waals surface area contributed by atoms with Gasteiger partial charge < -0.3 is 5.32 Å². The van der Waals surface area contributed by atoms with Gasteiger partial charge in [0.2, 0.25) is 0 Å². The van der Waals surface area contributed by atoms with Gasteiger partial charge in [0.1, 0.15) is 5.54 Å². The molecule has 3 rings (SSSR count). The van der Waals surface area contributed by atoms with Crippen molar-refractivity contribution < 1.29 is 14.4 Å². The lowest BCUT2D eigenvalue weighted by Crippen LogP contribution is -2.48. The van der Waals surface area contributed by atoms with Crippen LogP contribution in [0.3, 0.4) is 0 Å².